The van der Waals surface area contributed by atoms with Crippen molar-refractivity contribution in [2.24, 2.45) is 0 Å². The van der Waals surface area contributed by atoms with Crippen molar-refractivity contribution in [2.45, 2.75) is 19.3 Å². The van der Waals surface area contributed by atoms with Gasteiger partial charge >= 0.3 is 0 Å². The molecule has 2 atom stereocenters. The van der Waals surface area contributed by atoms with Crippen LogP contribution in [0.15, 0.2) is 48.5 Å². The minimum absolute atomic E-state index is 0.0380. The number of halogens is 2. The number of carbonyl (C=O) groups is 1. The molecule has 0 spiro atoms. The van der Waals surface area contributed by atoms with Crippen molar-refractivity contribution in [3.8, 4) is 5.75 Å². The molecule has 1 aliphatic heterocycles. The number of hydrogen-bond acceptors (Lipinski definition) is 3. The number of rotatable bonds is 4. The Morgan fingerprint density at radius 1 is 1.12 bits per heavy atom. The lowest BCUT2D eigenvalue weighted by atomic mass is 10.2. The lowest BCUT2D eigenvalue weighted by molar-refractivity contribution is -0.134. The summed E-state index contributed by atoms with van der Waals surface area (Å²) in [5, 5.41) is 1.30. The van der Waals surface area contributed by atoms with E-state index in [1.807, 2.05) is 12.1 Å². The molecule has 2 aromatic rings. The van der Waals surface area contributed by atoms with Crippen molar-refractivity contribution in [1.82, 2.24) is 4.90 Å². The molecule has 0 unspecified atom stereocenters. The standard InChI is InChI=1S/C18H17Cl2NO3/c1-12(22)21-10-17(11-23-16-8-6-15(20)7-9-16)24-18(21)13-2-4-14(19)5-3-13/h2-9,17-18H,10-11H2,1H3/t17-,18+/m0/s1. The van der Waals surface area contributed by atoms with Crippen LogP contribution in [-0.4, -0.2) is 30.1 Å². The molecule has 24 heavy (non-hydrogen) atoms. The van der Waals surface area contributed by atoms with Crippen molar-refractivity contribution >= 4 is 29.1 Å². The quantitative estimate of drug-likeness (QED) is 0.809. The van der Waals surface area contributed by atoms with Crippen molar-refractivity contribution < 1.29 is 14.3 Å². The summed E-state index contributed by atoms with van der Waals surface area (Å²) < 4.78 is 11.8. The highest BCUT2D eigenvalue weighted by Crippen LogP contribution is 2.31. The largest absolute Gasteiger partial charge is 0.491 e. The van der Waals surface area contributed by atoms with Crippen LogP contribution in [0.2, 0.25) is 10.0 Å². The molecule has 3 rings (SSSR count). The van der Waals surface area contributed by atoms with Gasteiger partial charge in [-0.1, -0.05) is 35.3 Å². The van der Waals surface area contributed by atoms with Crippen LogP contribution in [0.1, 0.15) is 18.7 Å². The van der Waals surface area contributed by atoms with Gasteiger partial charge in [-0.2, -0.15) is 0 Å². The Morgan fingerprint density at radius 3 is 2.29 bits per heavy atom. The van der Waals surface area contributed by atoms with Gasteiger partial charge in [0, 0.05) is 22.5 Å². The van der Waals surface area contributed by atoms with Crippen molar-refractivity contribution in [3.63, 3.8) is 0 Å². The summed E-state index contributed by atoms with van der Waals surface area (Å²) >= 11 is 11.8. The topological polar surface area (TPSA) is 38.8 Å². The average Bonchev–Trinajstić information content (AvgIpc) is 3.00. The van der Waals surface area contributed by atoms with Crippen LogP contribution in [0.3, 0.4) is 0 Å². The van der Waals surface area contributed by atoms with E-state index >= 15 is 0 Å². The van der Waals surface area contributed by atoms with E-state index in [0.717, 1.165) is 5.56 Å². The SMILES string of the molecule is CC(=O)N1C[C@@H](COc2ccc(Cl)cc2)O[C@@H]1c1ccc(Cl)cc1. The maximum absolute atomic E-state index is 11.9. The normalized spacial score (nSPS) is 20.2. The summed E-state index contributed by atoms with van der Waals surface area (Å²) in [4.78, 5) is 13.6. The molecule has 6 heteroatoms. The maximum atomic E-state index is 11.9. The molecule has 1 amide bonds. The Hall–Kier alpha value is -1.75. The minimum atomic E-state index is -0.418. The van der Waals surface area contributed by atoms with Crippen LogP contribution in [-0.2, 0) is 9.53 Å². The molecule has 0 bridgehead atoms. The third-order valence-electron chi connectivity index (χ3n) is 3.81. The van der Waals surface area contributed by atoms with Gasteiger partial charge in [-0.15, -0.1) is 0 Å². The molecule has 0 radical (unpaired) electrons. The van der Waals surface area contributed by atoms with Crippen molar-refractivity contribution in [3.05, 3.63) is 64.1 Å². The Balaban J connectivity index is 1.67. The highest BCUT2D eigenvalue weighted by molar-refractivity contribution is 6.30. The van der Waals surface area contributed by atoms with E-state index in [4.69, 9.17) is 32.7 Å². The molecule has 2 aromatic carbocycles. The van der Waals surface area contributed by atoms with Crippen LogP contribution < -0.4 is 4.74 Å². The highest BCUT2D eigenvalue weighted by Gasteiger charge is 2.35. The molecule has 1 heterocycles. The summed E-state index contributed by atoms with van der Waals surface area (Å²) in [6.07, 6.45) is -0.621. The Morgan fingerprint density at radius 2 is 1.71 bits per heavy atom. The molecule has 4 nitrogen and oxygen atoms in total. The molecule has 0 saturated carbocycles. The predicted molar refractivity (Wildman–Crippen MR) is 93.4 cm³/mol. The van der Waals surface area contributed by atoms with Gasteiger partial charge in [0.1, 0.15) is 18.5 Å². The van der Waals surface area contributed by atoms with E-state index in [9.17, 15) is 4.79 Å². The van der Waals surface area contributed by atoms with Crippen LogP contribution in [0.25, 0.3) is 0 Å². The van der Waals surface area contributed by atoms with Gasteiger partial charge in [-0.05, 0) is 36.4 Å². The molecule has 1 saturated heterocycles. The van der Waals surface area contributed by atoms with Gasteiger partial charge < -0.3 is 14.4 Å². The van der Waals surface area contributed by atoms with Crippen LogP contribution >= 0.6 is 23.2 Å². The Labute approximate surface area is 150 Å². The van der Waals surface area contributed by atoms with Gasteiger partial charge in [0.2, 0.25) is 5.91 Å². The molecule has 0 aromatic heterocycles. The smallest absolute Gasteiger partial charge is 0.221 e. The zero-order chi connectivity index (χ0) is 17.1. The Kier molecular flexibility index (Phi) is 5.29. The fourth-order valence-corrected chi connectivity index (χ4v) is 2.86. The zero-order valence-electron chi connectivity index (χ0n) is 13.1. The lowest BCUT2D eigenvalue weighted by Gasteiger charge is -2.21. The maximum Gasteiger partial charge on any atom is 0.221 e. The molecule has 0 aliphatic carbocycles. The van der Waals surface area contributed by atoms with Crippen LogP contribution in [0, 0.1) is 0 Å². The molecule has 0 N–H and O–H groups in total. The summed E-state index contributed by atoms with van der Waals surface area (Å²) in [5.41, 5.74) is 0.892. The van der Waals surface area contributed by atoms with E-state index in [1.165, 1.54) is 6.92 Å². The third-order valence-corrected chi connectivity index (χ3v) is 4.32. The molecular weight excluding hydrogens is 349 g/mol. The minimum Gasteiger partial charge on any atom is -0.491 e. The second-order valence-corrected chi connectivity index (χ2v) is 6.47. The van der Waals surface area contributed by atoms with Gasteiger partial charge in [0.15, 0.2) is 6.23 Å². The number of carbonyl (C=O) groups excluding carboxylic acids is 1. The number of benzene rings is 2. The molecular formula is C18H17Cl2NO3. The fourth-order valence-electron chi connectivity index (χ4n) is 2.61. The van der Waals surface area contributed by atoms with Gasteiger partial charge in [-0.3, -0.25) is 4.79 Å². The molecule has 1 fully saturated rings. The van der Waals surface area contributed by atoms with E-state index in [0.29, 0.717) is 28.9 Å². The first-order chi connectivity index (χ1) is 11.5. The highest BCUT2D eigenvalue weighted by atomic mass is 35.5. The number of amides is 1. The summed E-state index contributed by atoms with van der Waals surface area (Å²) in [7, 11) is 0. The molecule has 1 aliphatic rings. The van der Waals surface area contributed by atoms with E-state index in [-0.39, 0.29) is 12.0 Å². The second kappa shape index (κ2) is 7.43. The van der Waals surface area contributed by atoms with Gasteiger partial charge in [0.05, 0.1) is 6.54 Å². The number of hydrogen-bond donors (Lipinski definition) is 0. The average molecular weight is 366 g/mol. The van der Waals surface area contributed by atoms with E-state index in [2.05, 4.69) is 0 Å². The summed E-state index contributed by atoms with van der Waals surface area (Å²) in [5.74, 6) is 0.677. The third kappa shape index (κ3) is 4.01. The van der Waals surface area contributed by atoms with Gasteiger partial charge in [-0.25, -0.2) is 0 Å². The first-order valence-corrected chi connectivity index (χ1v) is 8.35. The van der Waals surface area contributed by atoms with Crippen molar-refractivity contribution in [1.29, 1.82) is 0 Å². The number of nitrogens with zero attached hydrogens (tertiary/aromatic N) is 1. The first-order valence-electron chi connectivity index (χ1n) is 7.59. The summed E-state index contributed by atoms with van der Waals surface area (Å²) in [6.45, 7) is 2.38. The molecule has 126 valence electrons. The predicted octanol–water partition coefficient (Wildman–Crippen LogP) is 4.32. The van der Waals surface area contributed by atoms with Crippen LogP contribution in [0.4, 0.5) is 0 Å². The Bertz CT molecular complexity index is 703. The van der Waals surface area contributed by atoms with E-state index < -0.39 is 6.23 Å². The summed E-state index contributed by atoms with van der Waals surface area (Å²) in [6, 6.07) is 14.5. The zero-order valence-corrected chi connectivity index (χ0v) is 14.6. The monoisotopic (exact) mass is 365 g/mol. The second-order valence-electron chi connectivity index (χ2n) is 5.60. The fraction of sp³-hybridized carbons (Fsp3) is 0.278. The number of ether oxygens (including phenoxy) is 2. The van der Waals surface area contributed by atoms with Crippen molar-refractivity contribution in [2.75, 3.05) is 13.2 Å². The first kappa shape index (κ1) is 17.1. The van der Waals surface area contributed by atoms with Gasteiger partial charge in [0.25, 0.3) is 0 Å². The van der Waals surface area contributed by atoms with Crippen LogP contribution in [0.5, 0.6) is 5.75 Å². The van der Waals surface area contributed by atoms with E-state index in [1.54, 1.807) is 41.3 Å². The lowest BCUT2D eigenvalue weighted by Crippen LogP contribution is -2.30.